The monoisotopic (exact) mass is 180 g/mol. The zero-order valence-electron chi connectivity index (χ0n) is 6.65. The van der Waals surface area contributed by atoms with E-state index in [0.29, 0.717) is 13.2 Å². The zero-order chi connectivity index (χ0) is 8.69. The van der Waals surface area contributed by atoms with Crippen LogP contribution in [0.1, 0.15) is 13.8 Å². The molecule has 11 heavy (non-hydrogen) atoms. The van der Waals surface area contributed by atoms with Crippen molar-refractivity contribution < 1.29 is 19.3 Å². The van der Waals surface area contributed by atoms with Crippen molar-refractivity contribution >= 4 is 8.38 Å². The number of hydrogen-bond acceptors (Lipinski definition) is 4. The van der Waals surface area contributed by atoms with Crippen molar-refractivity contribution in [1.82, 2.24) is 0 Å². The highest BCUT2D eigenvalue weighted by atomic mass is 31.2. The van der Waals surface area contributed by atoms with Crippen LogP contribution >= 0.6 is 8.38 Å². The molecular weight excluding hydrogens is 167 g/mol. The molecule has 0 amide bonds. The highest BCUT2D eigenvalue weighted by Gasteiger charge is 2.08. The van der Waals surface area contributed by atoms with Crippen LogP contribution in [0.4, 0.5) is 0 Å². The second-order valence-corrected chi connectivity index (χ2v) is 2.65. The molecule has 0 atom stereocenters. The van der Waals surface area contributed by atoms with Gasteiger partial charge in [-0.3, -0.25) is 0 Å². The van der Waals surface area contributed by atoms with Crippen LogP contribution in [0.3, 0.4) is 0 Å². The summed E-state index contributed by atoms with van der Waals surface area (Å²) in [5.74, 6) is 0. The van der Waals surface area contributed by atoms with Gasteiger partial charge in [0.15, 0.2) is 0 Å². The van der Waals surface area contributed by atoms with Gasteiger partial charge in [0.25, 0.3) is 0 Å². The smallest absolute Gasteiger partial charge is 0.240 e. The Morgan fingerprint density at radius 1 is 1.36 bits per heavy atom. The molecule has 0 rings (SSSR count). The first-order valence-electron chi connectivity index (χ1n) is 3.34. The van der Waals surface area contributed by atoms with E-state index in [1.807, 2.05) is 0 Å². The Kier molecular flexibility index (Phi) is 6.22. The highest BCUT2D eigenvalue weighted by Crippen LogP contribution is 2.35. The van der Waals surface area contributed by atoms with Crippen LogP contribution in [0, 0.1) is 0 Å². The first-order valence-corrected chi connectivity index (χ1v) is 4.59. The Morgan fingerprint density at radius 3 is 2.36 bits per heavy atom. The molecule has 0 unspecified atom stereocenters. The predicted molar refractivity (Wildman–Crippen MR) is 42.7 cm³/mol. The van der Waals surface area contributed by atoms with Gasteiger partial charge in [-0.15, -0.1) is 0 Å². The number of ether oxygens (including phenoxy) is 2. The average molecular weight is 180 g/mol. The molecule has 5 heteroatoms. The van der Waals surface area contributed by atoms with Crippen LogP contribution in [-0.4, -0.2) is 23.0 Å². The summed E-state index contributed by atoms with van der Waals surface area (Å²) in [7, 11) is -2.17. The summed E-state index contributed by atoms with van der Waals surface area (Å²) in [4.78, 5) is 17.4. The van der Waals surface area contributed by atoms with Crippen molar-refractivity contribution in [1.29, 1.82) is 0 Å². The molecule has 0 bridgehead atoms. The Balaban J connectivity index is 3.86. The normalized spacial score (nSPS) is 11.9. The molecule has 0 aromatic rings. The van der Waals surface area contributed by atoms with Gasteiger partial charge in [-0.2, -0.15) is 0 Å². The van der Waals surface area contributed by atoms with Crippen molar-refractivity contribution in [2.75, 3.05) is 13.2 Å². The molecule has 0 saturated carbocycles. The zero-order valence-corrected chi connectivity index (χ0v) is 7.54. The number of rotatable bonds is 5. The maximum Gasteiger partial charge on any atom is 0.240 e. The van der Waals surface area contributed by atoms with Crippen LogP contribution in [0.2, 0.25) is 0 Å². The van der Waals surface area contributed by atoms with Crippen LogP contribution in [0.25, 0.3) is 0 Å². The molecule has 0 fully saturated rings. The van der Waals surface area contributed by atoms with E-state index in [1.54, 1.807) is 13.8 Å². The van der Waals surface area contributed by atoms with E-state index in [9.17, 15) is 0 Å². The molecule has 0 radical (unpaired) electrons. The third-order valence-corrected chi connectivity index (χ3v) is 1.47. The Bertz CT molecular complexity index is 124. The fourth-order valence-corrected chi connectivity index (χ4v) is 0.855. The Morgan fingerprint density at radius 2 is 2.00 bits per heavy atom. The minimum atomic E-state index is -2.17. The van der Waals surface area contributed by atoms with Gasteiger partial charge in [0.2, 0.25) is 13.9 Å². The van der Waals surface area contributed by atoms with E-state index in [0.717, 1.165) is 0 Å². The lowest BCUT2D eigenvalue weighted by atomic mass is 10.8. The summed E-state index contributed by atoms with van der Waals surface area (Å²) in [6, 6.07) is 0. The van der Waals surface area contributed by atoms with Crippen LogP contribution in [-0.2, 0) is 9.47 Å². The molecule has 0 saturated heterocycles. The standard InChI is InChI=1S/C6H13O4P/c1-3-9-5-6(10-4-2)11(7)8/h5,7-8H,3-4H2,1-2H3/b6-5-. The van der Waals surface area contributed by atoms with Gasteiger partial charge >= 0.3 is 0 Å². The Labute approximate surface area is 67.4 Å². The molecule has 4 nitrogen and oxygen atoms in total. The topological polar surface area (TPSA) is 58.9 Å². The fourth-order valence-electron chi connectivity index (χ4n) is 0.441. The van der Waals surface area contributed by atoms with Crippen LogP contribution < -0.4 is 0 Å². The molecule has 66 valence electrons. The molecule has 0 aromatic carbocycles. The van der Waals surface area contributed by atoms with Crippen molar-refractivity contribution in [2.24, 2.45) is 0 Å². The lowest BCUT2D eigenvalue weighted by molar-refractivity contribution is 0.204. The van der Waals surface area contributed by atoms with Gasteiger partial charge < -0.3 is 19.3 Å². The molecule has 0 aliphatic rings. The summed E-state index contributed by atoms with van der Waals surface area (Å²) in [5, 5.41) is 0. The van der Waals surface area contributed by atoms with E-state index in [4.69, 9.17) is 19.3 Å². The molecule has 2 N–H and O–H groups in total. The first-order chi connectivity index (χ1) is 5.22. The molecule has 0 spiro atoms. The van der Waals surface area contributed by atoms with Crippen LogP contribution in [0.5, 0.6) is 0 Å². The first kappa shape index (κ1) is 10.7. The molecule has 0 heterocycles. The minimum Gasteiger partial charge on any atom is -0.497 e. The highest BCUT2D eigenvalue weighted by molar-refractivity contribution is 7.49. The summed E-state index contributed by atoms with van der Waals surface area (Å²) >= 11 is 0. The fraction of sp³-hybridized carbons (Fsp3) is 0.667. The van der Waals surface area contributed by atoms with Gasteiger partial charge in [0.05, 0.1) is 13.2 Å². The number of hydrogen-bond donors (Lipinski definition) is 2. The summed E-state index contributed by atoms with van der Waals surface area (Å²) < 4.78 is 9.69. The van der Waals surface area contributed by atoms with E-state index in [2.05, 4.69) is 0 Å². The minimum absolute atomic E-state index is 0.101. The van der Waals surface area contributed by atoms with Gasteiger partial charge in [-0.05, 0) is 13.8 Å². The molecular formula is C6H13O4P. The maximum atomic E-state index is 8.72. The van der Waals surface area contributed by atoms with Crippen molar-refractivity contribution in [3.8, 4) is 0 Å². The summed E-state index contributed by atoms with van der Waals surface area (Å²) in [5.41, 5.74) is 0.101. The SMILES string of the molecule is CCO/C=C(/OCC)P(O)O. The van der Waals surface area contributed by atoms with E-state index in [-0.39, 0.29) is 5.50 Å². The van der Waals surface area contributed by atoms with Gasteiger partial charge in [-0.25, -0.2) is 0 Å². The molecule has 0 aliphatic carbocycles. The van der Waals surface area contributed by atoms with E-state index >= 15 is 0 Å². The van der Waals surface area contributed by atoms with Crippen LogP contribution in [0.15, 0.2) is 11.8 Å². The molecule has 0 aliphatic heterocycles. The molecule has 0 aromatic heterocycles. The summed E-state index contributed by atoms with van der Waals surface area (Å²) in [6.45, 7) is 4.45. The van der Waals surface area contributed by atoms with Gasteiger partial charge in [-0.1, -0.05) is 0 Å². The van der Waals surface area contributed by atoms with Crippen molar-refractivity contribution in [3.05, 3.63) is 11.8 Å². The third kappa shape index (κ3) is 5.01. The second-order valence-electron chi connectivity index (χ2n) is 1.63. The maximum absolute atomic E-state index is 8.72. The van der Waals surface area contributed by atoms with Crippen molar-refractivity contribution in [3.63, 3.8) is 0 Å². The third-order valence-electron chi connectivity index (χ3n) is 0.840. The Hall–Kier alpha value is -0.310. The van der Waals surface area contributed by atoms with Gasteiger partial charge in [0, 0.05) is 0 Å². The lowest BCUT2D eigenvalue weighted by Gasteiger charge is -2.08. The lowest BCUT2D eigenvalue weighted by Crippen LogP contribution is -1.91. The predicted octanol–water partition coefficient (Wildman–Crippen LogP) is 1.15. The average Bonchev–Trinajstić information content (AvgIpc) is 1.97. The largest absolute Gasteiger partial charge is 0.497 e. The second kappa shape index (κ2) is 6.40. The van der Waals surface area contributed by atoms with E-state index in [1.165, 1.54) is 6.26 Å². The van der Waals surface area contributed by atoms with Crippen molar-refractivity contribution in [2.45, 2.75) is 13.8 Å². The van der Waals surface area contributed by atoms with E-state index < -0.39 is 8.38 Å². The van der Waals surface area contributed by atoms with Gasteiger partial charge in [0.1, 0.15) is 6.26 Å². The quantitative estimate of drug-likeness (QED) is 0.492. The summed E-state index contributed by atoms with van der Waals surface area (Å²) in [6.07, 6.45) is 1.23.